The smallest absolute Gasteiger partial charge is 0.331 e. The Morgan fingerprint density at radius 2 is 2.05 bits per heavy atom. The van der Waals surface area contributed by atoms with Crippen LogP contribution in [0.5, 0.6) is 5.88 Å². The van der Waals surface area contributed by atoms with Crippen molar-refractivity contribution in [2.24, 2.45) is 4.99 Å². The molecule has 0 saturated heterocycles. The predicted octanol–water partition coefficient (Wildman–Crippen LogP) is 0.979. The van der Waals surface area contributed by atoms with Crippen LogP contribution in [-0.4, -0.2) is 20.9 Å². The molecule has 0 aliphatic carbocycles. The van der Waals surface area contributed by atoms with Crippen LogP contribution in [0.25, 0.3) is 6.08 Å². The van der Waals surface area contributed by atoms with Crippen LogP contribution in [0, 0.1) is 0 Å². The Bertz CT molecular complexity index is 698. The lowest BCUT2D eigenvalue weighted by molar-refractivity contribution is 0.305. The van der Waals surface area contributed by atoms with Crippen LogP contribution in [0.4, 0.5) is 0 Å². The number of nitrogens with one attached hydrogen (secondary N) is 1. The Hall–Kier alpha value is -2.37. The maximum Gasteiger partial charge on any atom is 0.331 e. The van der Waals surface area contributed by atoms with Crippen molar-refractivity contribution in [1.82, 2.24) is 9.55 Å². The minimum atomic E-state index is -0.645. The molecule has 0 saturated carbocycles. The molecule has 0 unspecified atom stereocenters. The lowest BCUT2D eigenvalue weighted by Crippen LogP contribution is -2.39. The normalized spacial score (nSPS) is 16.5. The average Bonchev–Trinajstić information content (AvgIpc) is 2.74. The Balaban J connectivity index is 2.73. The fraction of sp³-hybridized carbons (Fsp3) is 0.308. The third-order valence-electron chi connectivity index (χ3n) is 2.66. The molecule has 0 atom stereocenters. The van der Waals surface area contributed by atoms with Crippen LogP contribution in [-0.2, 0) is 5.54 Å². The van der Waals surface area contributed by atoms with E-state index in [-0.39, 0.29) is 11.4 Å². The first-order valence-corrected chi connectivity index (χ1v) is 5.82. The van der Waals surface area contributed by atoms with E-state index in [1.54, 1.807) is 39.1 Å². The van der Waals surface area contributed by atoms with Crippen LogP contribution in [0.1, 0.15) is 26.3 Å². The Morgan fingerprint density at radius 1 is 1.37 bits per heavy atom. The van der Waals surface area contributed by atoms with E-state index < -0.39 is 16.8 Å². The number of hydrogen-bond donors (Lipinski definition) is 2. The second-order valence-electron chi connectivity index (χ2n) is 5.21. The van der Waals surface area contributed by atoms with Crippen LogP contribution in [0.15, 0.2) is 32.4 Å². The molecule has 19 heavy (non-hydrogen) atoms. The second kappa shape index (κ2) is 4.38. The first kappa shape index (κ1) is 13.1. The summed E-state index contributed by atoms with van der Waals surface area (Å²) in [5, 5.41) is 10.2. The van der Waals surface area contributed by atoms with Gasteiger partial charge in [-0.2, -0.15) is 0 Å². The summed E-state index contributed by atoms with van der Waals surface area (Å²) in [5.41, 5.74) is -1.35. The summed E-state index contributed by atoms with van der Waals surface area (Å²) in [6.07, 6.45) is 6.44. The van der Waals surface area contributed by atoms with Crippen molar-refractivity contribution >= 4 is 12.3 Å². The number of hydrogen-bond acceptors (Lipinski definition) is 4. The van der Waals surface area contributed by atoms with E-state index in [2.05, 4.69) is 9.98 Å². The standard InChI is InChI=1S/C13H15N3O3/c1-13(2,3)16-11(18)9(10(17)15-12(16)19)7-8-5-4-6-14-8/h4-7,18H,1-3H3,(H,15,17,19)/b8-7+. The topological polar surface area (TPSA) is 87.4 Å². The molecule has 1 aromatic heterocycles. The molecule has 2 N–H and O–H groups in total. The molecule has 0 spiro atoms. The first-order chi connectivity index (χ1) is 8.80. The van der Waals surface area contributed by atoms with E-state index in [1.165, 1.54) is 6.08 Å². The average molecular weight is 261 g/mol. The number of allylic oxidation sites excluding steroid dienone is 2. The Kier molecular flexibility index (Phi) is 3.01. The van der Waals surface area contributed by atoms with Gasteiger partial charge >= 0.3 is 5.69 Å². The third-order valence-corrected chi connectivity index (χ3v) is 2.66. The summed E-state index contributed by atoms with van der Waals surface area (Å²) in [4.78, 5) is 29.8. The molecule has 0 fully saturated rings. The number of aromatic nitrogens is 2. The summed E-state index contributed by atoms with van der Waals surface area (Å²) in [7, 11) is 0. The van der Waals surface area contributed by atoms with Crippen LogP contribution < -0.4 is 11.2 Å². The van der Waals surface area contributed by atoms with Gasteiger partial charge < -0.3 is 5.11 Å². The van der Waals surface area contributed by atoms with Gasteiger partial charge in [0.1, 0.15) is 5.56 Å². The molecule has 2 rings (SSSR count). The first-order valence-electron chi connectivity index (χ1n) is 5.82. The largest absolute Gasteiger partial charge is 0.494 e. The molecule has 1 aliphatic heterocycles. The number of aromatic amines is 1. The van der Waals surface area contributed by atoms with Gasteiger partial charge in [-0.3, -0.25) is 19.3 Å². The van der Waals surface area contributed by atoms with Crippen molar-refractivity contribution in [3.05, 3.63) is 44.3 Å². The summed E-state index contributed by atoms with van der Waals surface area (Å²) < 4.78 is 1.14. The van der Waals surface area contributed by atoms with Gasteiger partial charge in [-0.25, -0.2) is 4.79 Å². The second-order valence-corrected chi connectivity index (χ2v) is 5.21. The van der Waals surface area contributed by atoms with Gasteiger partial charge in [-0.1, -0.05) is 0 Å². The van der Waals surface area contributed by atoms with E-state index in [9.17, 15) is 14.7 Å². The van der Waals surface area contributed by atoms with E-state index in [0.717, 1.165) is 4.57 Å². The van der Waals surface area contributed by atoms with Crippen molar-refractivity contribution in [1.29, 1.82) is 0 Å². The molecule has 100 valence electrons. The summed E-state index contributed by atoms with van der Waals surface area (Å²) in [5.74, 6) is -0.357. The minimum absolute atomic E-state index is 0.0215. The maximum absolute atomic E-state index is 11.8. The van der Waals surface area contributed by atoms with Crippen LogP contribution in [0.2, 0.25) is 0 Å². The highest BCUT2D eigenvalue weighted by atomic mass is 16.3. The monoisotopic (exact) mass is 261 g/mol. The highest BCUT2D eigenvalue weighted by Gasteiger charge is 2.22. The quantitative estimate of drug-likeness (QED) is 0.789. The number of aromatic hydroxyl groups is 1. The number of rotatable bonds is 1. The molecule has 0 radical (unpaired) electrons. The van der Waals surface area contributed by atoms with Gasteiger partial charge in [-0.05, 0) is 39.0 Å². The summed E-state index contributed by atoms with van der Waals surface area (Å²) >= 11 is 0. The van der Waals surface area contributed by atoms with Gasteiger partial charge in [0.15, 0.2) is 0 Å². The molecule has 0 aromatic carbocycles. The van der Waals surface area contributed by atoms with Crippen LogP contribution >= 0.6 is 0 Å². The highest BCUT2D eigenvalue weighted by molar-refractivity contribution is 5.79. The van der Waals surface area contributed by atoms with Crippen molar-refractivity contribution in [2.45, 2.75) is 26.3 Å². The van der Waals surface area contributed by atoms with Crippen molar-refractivity contribution in [3.8, 4) is 5.88 Å². The molecule has 2 heterocycles. The molecular weight excluding hydrogens is 246 g/mol. The Labute approximate surface area is 109 Å². The van der Waals surface area contributed by atoms with Gasteiger partial charge in [0.05, 0.1) is 5.70 Å². The SMILES string of the molecule is CC(C)(C)n1c(O)c(/C=C2\C=CC=N2)c(=O)[nH]c1=O. The zero-order valence-corrected chi connectivity index (χ0v) is 11.0. The molecule has 0 bridgehead atoms. The van der Waals surface area contributed by atoms with Crippen LogP contribution in [0.3, 0.4) is 0 Å². The summed E-state index contributed by atoms with van der Waals surface area (Å²) in [6.45, 7) is 5.28. The molecule has 1 aliphatic rings. The lowest BCUT2D eigenvalue weighted by atomic mass is 10.1. The lowest BCUT2D eigenvalue weighted by Gasteiger charge is -2.23. The fourth-order valence-electron chi connectivity index (χ4n) is 1.84. The van der Waals surface area contributed by atoms with Gasteiger partial charge in [0.25, 0.3) is 5.56 Å². The summed E-state index contributed by atoms with van der Waals surface area (Å²) in [6, 6.07) is 0. The molecule has 6 heteroatoms. The maximum atomic E-state index is 11.8. The predicted molar refractivity (Wildman–Crippen MR) is 73.6 cm³/mol. The molecule has 0 amide bonds. The third kappa shape index (κ3) is 2.42. The van der Waals surface area contributed by atoms with Gasteiger partial charge in [0, 0.05) is 11.8 Å². The van der Waals surface area contributed by atoms with E-state index in [1.807, 2.05) is 0 Å². The molecular formula is C13H15N3O3. The number of H-pyrrole nitrogens is 1. The number of aliphatic imine (C=N–C) groups is 1. The zero-order chi connectivity index (χ0) is 14.2. The fourth-order valence-corrected chi connectivity index (χ4v) is 1.84. The zero-order valence-electron chi connectivity index (χ0n) is 11.0. The van der Waals surface area contributed by atoms with E-state index in [0.29, 0.717) is 5.70 Å². The van der Waals surface area contributed by atoms with Crippen molar-refractivity contribution in [2.75, 3.05) is 0 Å². The Morgan fingerprint density at radius 3 is 2.58 bits per heavy atom. The van der Waals surface area contributed by atoms with Crippen molar-refractivity contribution < 1.29 is 5.11 Å². The van der Waals surface area contributed by atoms with Gasteiger partial charge in [-0.15, -0.1) is 0 Å². The highest BCUT2D eigenvalue weighted by Crippen LogP contribution is 2.22. The number of nitrogens with zero attached hydrogens (tertiary/aromatic N) is 2. The molecule has 1 aromatic rings. The molecule has 6 nitrogen and oxygen atoms in total. The van der Waals surface area contributed by atoms with E-state index in [4.69, 9.17) is 0 Å². The van der Waals surface area contributed by atoms with E-state index >= 15 is 0 Å². The van der Waals surface area contributed by atoms with Gasteiger partial charge in [0.2, 0.25) is 5.88 Å². The minimum Gasteiger partial charge on any atom is -0.494 e. The van der Waals surface area contributed by atoms with Crippen molar-refractivity contribution in [3.63, 3.8) is 0 Å².